The molecule has 0 aliphatic rings. The maximum atomic E-state index is 6.11. The lowest BCUT2D eigenvalue weighted by Crippen LogP contribution is -2.15. The van der Waals surface area contributed by atoms with Crippen molar-refractivity contribution in [1.82, 2.24) is 4.98 Å². The van der Waals surface area contributed by atoms with Crippen LogP contribution in [0, 0.1) is 0 Å². The van der Waals surface area contributed by atoms with Gasteiger partial charge < -0.3 is 11.5 Å². The summed E-state index contributed by atoms with van der Waals surface area (Å²) in [5, 5.41) is 0.736. The van der Waals surface area contributed by atoms with Crippen LogP contribution in [-0.2, 0) is 0 Å². The van der Waals surface area contributed by atoms with E-state index in [1.807, 2.05) is 24.3 Å². The first-order valence-corrected chi connectivity index (χ1v) is 6.86. The smallest absolute Gasteiger partial charge is 0.0426 e. The molecule has 1 aromatic carbocycles. The van der Waals surface area contributed by atoms with E-state index < -0.39 is 0 Å². The van der Waals surface area contributed by atoms with Crippen LogP contribution in [0.15, 0.2) is 47.6 Å². The van der Waals surface area contributed by atoms with Gasteiger partial charge in [-0.3, -0.25) is 4.98 Å². The Kier molecular flexibility index (Phi) is 4.47. The monoisotopic (exact) mass is 279 g/mol. The average molecular weight is 280 g/mol. The zero-order chi connectivity index (χ0) is 13.0. The predicted molar refractivity (Wildman–Crippen MR) is 77.8 cm³/mol. The third-order valence-corrected chi connectivity index (χ3v) is 3.91. The van der Waals surface area contributed by atoms with Crippen LogP contribution in [0.2, 0.25) is 5.02 Å². The minimum Gasteiger partial charge on any atom is -0.398 e. The second-order valence-corrected chi connectivity index (χ2v) is 5.41. The molecule has 0 bridgehead atoms. The fourth-order valence-corrected chi connectivity index (χ4v) is 2.54. The minimum atomic E-state index is -0.126. The molecule has 94 valence electrons. The molecule has 1 heterocycles. The van der Waals surface area contributed by atoms with Gasteiger partial charge in [0, 0.05) is 45.4 Å². The second-order valence-electron chi connectivity index (χ2n) is 3.88. The van der Waals surface area contributed by atoms with Gasteiger partial charge in [0.05, 0.1) is 0 Å². The van der Waals surface area contributed by atoms with Crippen LogP contribution < -0.4 is 11.5 Å². The molecule has 18 heavy (non-hydrogen) atoms. The number of aromatic nitrogens is 1. The van der Waals surface area contributed by atoms with Crippen molar-refractivity contribution in [2.24, 2.45) is 5.73 Å². The Labute approximate surface area is 116 Å². The van der Waals surface area contributed by atoms with Crippen LogP contribution in [0.25, 0.3) is 0 Å². The van der Waals surface area contributed by atoms with Gasteiger partial charge in [-0.25, -0.2) is 0 Å². The third-order valence-electron chi connectivity index (χ3n) is 2.53. The van der Waals surface area contributed by atoms with Crippen molar-refractivity contribution in [3.05, 3.63) is 53.3 Å². The van der Waals surface area contributed by atoms with Crippen molar-refractivity contribution < 1.29 is 0 Å². The van der Waals surface area contributed by atoms with Gasteiger partial charge in [0.2, 0.25) is 0 Å². The highest BCUT2D eigenvalue weighted by molar-refractivity contribution is 7.99. The Balaban J connectivity index is 1.98. The molecule has 0 aliphatic heterocycles. The van der Waals surface area contributed by atoms with Gasteiger partial charge in [-0.15, -0.1) is 11.8 Å². The third kappa shape index (κ3) is 3.38. The van der Waals surface area contributed by atoms with Gasteiger partial charge in [-0.1, -0.05) is 11.6 Å². The highest BCUT2D eigenvalue weighted by Gasteiger charge is 2.10. The van der Waals surface area contributed by atoms with Gasteiger partial charge in [0.25, 0.3) is 0 Å². The standard InChI is InChI=1S/C13H14ClN3S/c14-9-1-3-10(4-2-9)18-8-13(16)11-7-17-6-5-12(11)15/h1-7,13H,8,16H2,(H2,15,17). The van der Waals surface area contributed by atoms with E-state index in [9.17, 15) is 0 Å². The van der Waals surface area contributed by atoms with Gasteiger partial charge in [0.15, 0.2) is 0 Å². The molecular weight excluding hydrogens is 266 g/mol. The Bertz CT molecular complexity index is 516. The lowest BCUT2D eigenvalue weighted by molar-refractivity contribution is 0.827. The number of nitrogens with zero attached hydrogens (tertiary/aromatic N) is 1. The van der Waals surface area contributed by atoms with Crippen LogP contribution >= 0.6 is 23.4 Å². The molecule has 0 radical (unpaired) electrons. The average Bonchev–Trinajstić information content (AvgIpc) is 2.38. The zero-order valence-electron chi connectivity index (χ0n) is 9.71. The first-order chi connectivity index (χ1) is 8.66. The molecular formula is C13H14ClN3S. The van der Waals surface area contributed by atoms with Crippen molar-refractivity contribution in [3.63, 3.8) is 0 Å². The molecule has 2 aromatic rings. The second kappa shape index (κ2) is 6.09. The van der Waals surface area contributed by atoms with E-state index in [0.717, 1.165) is 21.2 Å². The highest BCUT2D eigenvalue weighted by atomic mass is 35.5. The minimum absolute atomic E-state index is 0.126. The molecule has 4 N–H and O–H groups in total. The molecule has 0 spiro atoms. The Hall–Kier alpha value is -1.23. The number of thioether (sulfide) groups is 1. The van der Waals surface area contributed by atoms with Crippen LogP contribution in [0.1, 0.15) is 11.6 Å². The van der Waals surface area contributed by atoms with Crippen LogP contribution in [-0.4, -0.2) is 10.7 Å². The molecule has 0 aliphatic carbocycles. The van der Waals surface area contributed by atoms with Crippen molar-refractivity contribution in [1.29, 1.82) is 0 Å². The van der Waals surface area contributed by atoms with Gasteiger partial charge in [-0.05, 0) is 30.3 Å². The summed E-state index contributed by atoms with van der Waals surface area (Å²) >= 11 is 7.51. The number of rotatable bonds is 4. The van der Waals surface area contributed by atoms with Crippen molar-refractivity contribution in [2.45, 2.75) is 10.9 Å². The SMILES string of the molecule is Nc1ccncc1C(N)CSc1ccc(Cl)cc1. The maximum Gasteiger partial charge on any atom is 0.0426 e. The number of nitrogens with two attached hydrogens (primary N) is 2. The molecule has 2 rings (SSSR count). The topological polar surface area (TPSA) is 64.9 Å². The van der Waals surface area contributed by atoms with Crippen LogP contribution in [0.4, 0.5) is 5.69 Å². The molecule has 3 nitrogen and oxygen atoms in total. The summed E-state index contributed by atoms with van der Waals surface area (Å²) < 4.78 is 0. The Morgan fingerprint density at radius 2 is 1.94 bits per heavy atom. The summed E-state index contributed by atoms with van der Waals surface area (Å²) in [6, 6.07) is 9.34. The number of pyridine rings is 1. The fourth-order valence-electron chi connectivity index (χ4n) is 1.53. The lowest BCUT2D eigenvalue weighted by Gasteiger charge is -2.13. The van der Waals surface area contributed by atoms with Crippen molar-refractivity contribution in [2.75, 3.05) is 11.5 Å². The lowest BCUT2D eigenvalue weighted by atomic mass is 10.1. The van der Waals surface area contributed by atoms with Crippen molar-refractivity contribution >= 4 is 29.1 Å². The fraction of sp³-hybridized carbons (Fsp3) is 0.154. The molecule has 0 saturated carbocycles. The van der Waals surface area contributed by atoms with Gasteiger partial charge in [0.1, 0.15) is 0 Å². The van der Waals surface area contributed by atoms with E-state index in [1.54, 1.807) is 30.2 Å². The van der Waals surface area contributed by atoms with E-state index in [1.165, 1.54) is 0 Å². The van der Waals surface area contributed by atoms with Crippen LogP contribution in [0.5, 0.6) is 0 Å². The zero-order valence-corrected chi connectivity index (χ0v) is 11.3. The first-order valence-electron chi connectivity index (χ1n) is 5.50. The van der Waals surface area contributed by atoms with E-state index in [-0.39, 0.29) is 6.04 Å². The quantitative estimate of drug-likeness (QED) is 0.844. The molecule has 0 fully saturated rings. The van der Waals surface area contributed by atoms with E-state index in [0.29, 0.717) is 5.69 Å². The molecule has 1 atom stereocenters. The van der Waals surface area contributed by atoms with E-state index in [4.69, 9.17) is 23.1 Å². The number of benzene rings is 1. The first kappa shape index (κ1) is 13.2. The van der Waals surface area contributed by atoms with Crippen LogP contribution in [0.3, 0.4) is 0 Å². The summed E-state index contributed by atoms with van der Waals surface area (Å²) in [4.78, 5) is 5.18. The van der Waals surface area contributed by atoms with Gasteiger partial charge >= 0.3 is 0 Å². The largest absolute Gasteiger partial charge is 0.398 e. The molecule has 5 heteroatoms. The predicted octanol–water partition coefficient (Wildman–Crippen LogP) is 3.11. The molecule has 1 aromatic heterocycles. The summed E-state index contributed by atoms with van der Waals surface area (Å²) in [5.41, 5.74) is 13.5. The highest BCUT2D eigenvalue weighted by Crippen LogP contribution is 2.26. The summed E-state index contributed by atoms with van der Waals surface area (Å²) in [5.74, 6) is 0.748. The Morgan fingerprint density at radius 3 is 2.61 bits per heavy atom. The molecule has 1 unspecified atom stereocenters. The van der Waals surface area contributed by atoms with E-state index in [2.05, 4.69) is 4.98 Å². The number of halogens is 1. The Morgan fingerprint density at radius 1 is 1.22 bits per heavy atom. The number of nitrogen functional groups attached to an aromatic ring is 1. The molecule has 0 saturated heterocycles. The number of hydrogen-bond donors (Lipinski definition) is 2. The summed E-state index contributed by atoms with van der Waals surface area (Å²) in [6.07, 6.45) is 3.39. The summed E-state index contributed by atoms with van der Waals surface area (Å²) in [6.45, 7) is 0. The van der Waals surface area contributed by atoms with Crippen molar-refractivity contribution in [3.8, 4) is 0 Å². The summed E-state index contributed by atoms with van der Waals surface area (Å²) in [7, 11) is 0. The molecule has 0 amide bonds. The van der Waals surface area contributed by atoms with Gasteiger partial charge in [-0.2, -0.15) is 0 Å². The maximum absolute atomic E-state index is 6.11. The number of anilines is 1. The normalized spacial score (nSPS) is 12.3. The number of hydrogen-bond acceptors (Lipinski definition) is 4. The van der Waals surface area contributed by atoms with E-state index >= 15 is 0 Å².